The van der Waals surface area contributed by atoms with Crippen LogP contribution in [-0.4, -0.2) is 17.5 Å². The molecule has 1 fully saturated rings. The van der Waals surface area contributed by atoms with Gasteiger partial charge in [0.1, 0.15) is 6.10 Å². The third-order valence-corrected chi connectivity index (χ3v) is 5.38. The van der Waals surface area contributed by atoms with Crippen LogP contribution in [0, 0.1) is 0 Å². The van der Waals surface area contributed by atoms with Crippen molar-refractivity contribution in [3.8, 4) is 0 Å². The number of rotatable bonds is 3. The molecule has 1 aliphatic heterocycles. The molecule has 1 unspecified atom stereocenters. The Labute approximate surface area is 182 Å². The molecule has 0 aromatic heterocycles. The molecule has 0 radical (unpaired) electrons. The Morgan fingerprint density at radius 1 is 0.844 bits per heavy atom. The molecule has 0 spiro atoms. The second-order valence-corrected chi connectivity index (χ2v) is 7.75. The van der Waals surface area contributed by atoms with Crippen molar-refractivity contribution in [1.29, 1.82) is 0 Å². The standard InChI is InChI=1S/C19H11BrF9NO2/c20-14-2-1-11(17(21,22)23)5-10(14)7-30-8-15(32-16(30)31)9-3-12(18(24,25)26)6-13(4-9)19(27,28)29/h1-6,15H,7-8H2. The fourth-order valence-corrected chi connectivity index (χ4v) is 3.43. The summed E-state index contributed by atoms with van der Waals surface area (Å²) in [6, 6.07) is 3.52. The second kappa shape index (κ2) is 8.16. The molecule has 2 aromatic rings. The van der Waals surface area contributed by atoms with E-state index in [0.717, 1.165) is 23.1 Å². The SMILES string of the molecule is O=C1OC(c2cc(C(F)(F)F)cc(C(F)(F)F)c2)CN1Cc1cc(C(F)(F)F)ccc1Br. The number of cyclic esters (lactones) is 1. The Hall–Kier alpha value is -2.44. The summed E-state index contributed by atoms with van der Waals surface area (Å²) in [4.78, 5) is 13.0. The normalized spacial score (nSPS) is 17.6. The number of carbonyl (C=O) groups is 1. The van der Waals surface area contributed by atoms with Gasteiger partial charge in [-0.25, -0.2) is 4.79 Å². The van der Waals surface area contributed by atoms with Crippen molar-refractivity contribution in [2.75, 3.05) is 6.54 Å². The molecule has 1 atom stereocenters. The summed E-state index contributed by atoms with van der Waals surface area (Å²) in [5, 5.41) is 0. The number of nitrogens with zero attached hydrogens (tertiary/aromatic N) is 1. The molecule has 0 aliphatic carbocycles. The number of hydrogen-bond donors (Lipinski definition) is 0. The van der Waals surface area contributed by atoms with Gasteiger partial charge in [0.05, 0.1) is 29.8 Å². The Balaban J connectivity index is 1.89. The highest BCUT2D eigenvalue weighted by atomic mass is 79.9. The Morgan fingerprint density at radius 2 is 1.38 bits per heavy atom. The van der Waals surface area contributed by atoms with E-state index in [2.05, 4.69) is 15.9 Å². The molecule has 13 heteroatoms. The second-order valence-electron chi connectivity index (χ2n) is 6.90. The highest BCUT2D eigenvalue weighted by Gasteiger charge is 2.40. The molecule has 2 aromatic carbocycles. The molecule has 0 saturated carbocycles. The monoisotopic (exact) mass is 535 g/mol. The Morgan fingerprint density at radius 3 is 1.88 bits per heavy atom. The fourth-order valence-electron chi connectivity index (χ4n) is 3.05. The lowest BCUT2D eigenvalue weighted by Gasteiger charge is -2.17. The lowest BCUT2D eigenvalue weighted by Crippen LogP contribution is -2.24. The highest BCUT2D eigenvalue weighted by Crippen LogP contribution is 2.39. The Bertz CT molecular complexity index is 999. The van der Waals surface area contributed by atoms with Gasteiger partial charge in [0.15, 0.2) is 0 Å². The summed E-state index contributed by atoms with van der Waals surface area (Å²) in [6.07, 6.45) is -17.4. The molecule has 1 saturated heterocycles. The number of benzene rings is 2. The largest absolute Gasteiger partial charge is 0.439 e. The third-order valence-electron chi connectivity index (χ3n) is 4.60. The molecule has 1 amide bonds. The van der Waals surface area contributed by atoms with E-state index in [1.54, 1.807) is 0 Å². The van der Waals surface area contributed by atoms with E-state index in [-0.39, 0.29) is 16.1 Å². The van der Waals surface area contributed by atoms with Crippen LogP contribution in [0.25, 0.3) is 0 Å². The molecular formula is C19H11BrF9NO2. The summed E-state index contributed by atoms with van der Waals surface area (Å²) < 4.78 is 122. The van der Waals surface area contributed by atoms with Crippen LogP contribution in [0.15, 0.2) is 40.9 Å². The minimum atomic E-state index is -5.08. The fraction of sp³-hybridized carbons (Fsp3) is 0.316. The number of carbonyl (C=O) groups excluding carboxylic acids is 1. The van der Waals surface area contributed by atoms with Gasteiger partial charge in [-0.15, -0.1) is 0 Å². The molecule has 1 aliphatic rings. The number of halogens is 10. The van der Waals surface area contributed by atoms with Crippen LogP contribution >= 0.6 is 15.9 Å². The van der Waals surface area contributed by atoms with Gasteiger partial charge in [0, 0.05) is 4.47 Å². The Kier molecular flexibility index (Phi) is 6.17. The van der Waals surface area contributed by atoms with E-state index in [1.807, 2.05) is 0 Å². The van der Waals surface area contributed by atoms with Crippen LogP contribution in [0.3, 0.4) is 0 Å². The van der Waals surface area contributed by atoms with E-state index in [4.69, 9.17) is 4.74 Å². The van der Waals surface area contributed by atoms with Gasteiger partial charge in [0.2, 0.25) is 0 Å². The maximum atomic E-state index is 13.1. The van der Waals surface area contributed by atoms with Crippen molar-refractivity contribution in [3.63, 3.8) is 0 Å². The zero-order valence-corrected chi connectivity index (χ0v) is 17.1. The quantitative estimate of drug-likeness (QED) is 0.389. The van der Waals surface area contributed by atoms with E-state index < -0.39 is 66.1 Å². The van der Waals surface area contributed by atoms with E-state index >= 15 is 0 Å². The van der Waals surface area contributed by atoms with Gasteiger partial charge in [-0.05, 0) is 47.5 Å². The average Bonchev–Trinajstić information content (AvgIpc) is 3.01. The maximum absolute atomic E-state index is 13.1. The molecule has 3 rings (SSSR count). The predicted molar refractivity (Wildman–Crippen MR) is 95.2 cm³/mol. The average molecular weight is 536 g/mol. The first kappa shape index (κ1) is 24.2. The van der Waals surface area contributed by atoms with Crippen LogP contribution in [0.4, 0.5) is 44.3 Å². The van der Waals surface area contributed by atoms with Gasteiger partial charge >= 0.3 is 24.6 Å². The molecule has 32 heavy (non-hydrogen) atoms. The summed E-state index contributed by atoms with van der Waals surface area (Å²) in [7, 11) is 0. The van der Waals surface area contributed by atoms with Crippen molar-refractivity contribution in [3.05, 3.63) is 68.7 Å². The number of ether oxygens (including phenoxy) is 1. The van der Waals surface area contributed by atoms with Crippen molar-refractivity contribution in [2.45, 2.75) is 31.2 Å². The molecule has 1 heterocycles. The zero-order valence-electron chi connectivity index (χ0n) is 15.5. The number of amides is 1. The van der Waals surface area contributed by atoms with Crippen LogP contribution in [0.5, 0.6) is 0 Å². The number of hydrogen-bond acceptors (Lipinski definition) is 2. The van der Waals surface area contributed by atoms with Crippen LogP contribution in [-0.2, 0) is 29.8 Å². The van der Waals surface area contributed by atoms with E-state index in [1.165, 1.54) is 0 Å². The molecule has 3 nitrogen and oxygen atoms in total. The van der Waals surface area contributed by atoms with Crippen molar-refractivity contribution in [1.82, 2.24) is 4.90 Å². The third kappa shape index (κ3) is 5.30. The zero-order chi connectivity index (χ0) is 24.1. The minimum Gasteiger partial charge on any atom is -0.439 e. The van der Waals surface area contributed by atoms with Crippen LogP contribution < -0.4 is 0 Å². The van der Waals surface area contributed by atoms with Gasteiger partial charge in [-0.2, -0.15) is 39.5 Å². The van der Waals surface area contributed by atoms with E-state index in [0.29, 0.717) is 12.1 Å². The van der Waals surface area contributed by atoms with Crippen LogP contribution in [0.2, 0.25) is 0 Å². The highest BCUT2D eigenvalue weighted by molar-refractivity contribution is 9.10. The lowest BCUT2D eigenvalue weighted by atomic mass is 10.0. The van der Waals surface area contributed by atoms with Gasteiger partial charge in [-0.1, -0.05) is 15.9 Å². The van der Waals surface area contributed by atoms with Gasteiger partial charge in [0.25, 0.3) is 0 Å². The molecule has 0 bridgehead atoms. The van der Waals surface area contributed by atoms with Crippen molar-refractivity contribution >= 4 is 22.0 Å². The first-order valence-corrected chi connectivity index (χ1v) is 9.45. The van der Waals surface area contributed by atoms with Crippen LogP contribution in [0.1, 0.15) is 33.9 Å². The first-order valence-electron chi connectivity index (χ1n) is 8.66. The van der Waals surface area contributed by atoms with E-state index in [9.17, 15) is 44.3 Å². The molecular weight excluding hydrogens is 525 g/mol. The predicted octanol–water partition coefficient (Wildman–Crippen LogP) is 7.20. The topological polar surface area (TPSA) is 29.5 Å². The molecule has 0 N–H and O–H groups in total. The first-order chi connectivity index (χ1) is 14.6. The summed E-state index contributed by atoms with van der Waals surface area (Å²) in [6.45, 7) is -0.870. The van der Waals surface area contributed by atoms with Gasteiger partial charge < -0.3 is 4.74 Å². The summed E-state index contributed by atoms with van der Waals surface area (Å²) in [5.41, 5.74) is -4.65. The summed E-state index contributed by atoms with van der Waals surface area (Å²) >= 11 is 3.05. The van der Waals surface area contributed by atoms with Crippen molar-refractivity contribution in [2.24, 2.45) is 0 Å². The smallest absolute Gasteiger partial charge is 0.416 e. The van der Waals surface area contributed by atoms with Crippen molar-refractivity contribution < 1.29 is 49.0 Å². The minimum absolute atomic E-state index is 0.0254. The lowest BCUT2D eigenvalue weighted by molar-refractivity contribution is -0.143. The number of alkyl halides is 9. The molecule has 174 valence electrons. The maximum Gasteiger partial charge on any atom is 0.416 e. The summed E-state index contributed by atoms with van der Waals surface area (Å²) in [5.74, 6) is 0. The van der Waals surface area contributed by atoms with Gasteiger partial charge in [-0.3, -0.25) is 4.90 Å².